The minimum absolute atomic E-state index is 0.310. The van der Waals surface area contributed by atoms with Crippen LogP contribution in [0.15, 0.2) is 101 Å². The molecule has 0 N–H and O–H groups in total. The molecule has 5 rings (SSSR count). The molecule has 0 bridgehead atoms. The largest absolute Gasteiger partial charge is 0.744 e. The minimum atomic E-state index is -5.14. The monoisotopic (exact) mass is 782 g/mol. The SMILES string of the molecule is CCCCn1cc[n+](C)c1.CCCCn1cc[n+](C)c1.CCCCn1cc[n+](C)c1.O=S(=O)([O-])c1ccc2c(S(=O)(=O)[O-])cc(S(=O)(=O)[O-])cc2c1. The number of benzene rings is 2. The Bertz CT molecular complexity index is 2080. The Balaban J connectivity index is 0.000000262. The Hall–Kier alpha value is -3.94. The fraction of sp³-hybridized carbons (Fsp3) is 0.441. The van der Waals surface area contributed by atoms with Crippen molar-refractivity contribution in [1.82, 2.24) is 13.7 Å². The molecular weight excluding hydrogens is 733 g/mol. The van der Waals surface area contributed by atoms with Gasteiger partial charge in [-0.15, -0.1) is 0 Å². The number of hydrogen-bond donors (Lipinski definition) is 0. The van der Waals surface area contributed by atoms with Crippen LogP contribution >= 0.6 is 0 Å². The van der Waals surface area contributed by atoms with E-state index in [0.29, 0.717) is 18.2 Å². The first kappa shape index (κ1) is 44.2. The number of nitrogens with zero attached hydrogens (tertiary/aromatic N) is 6. The van der Waals surface area contributed by atoms with E-state index in [-0.39, 0.29) is 10.8 Å². The van der Waals surface area contributed by atoms with Crippen LogP contribution in [0.4, 0.5) is 0 Å². The van der Waals surface area contributed by atoms with Crippen LogP contribution in [0, 0.1) is 0 Å². The van der Waals surface area contributed by atoms with Crippen LogP contribution in [0.3, 0.4) is 0 Å². The van der Waals surface area contributed by atoms with Crippen molar-refractivity contribution in [1.29, 1.82) is 0 Å². The maximum atomic E-state index is 11.2. The molecule has 0 fully saturated rings. The second-order valence-electron chi connectivity index (χ2n) is 12.2. The van der Waals surface area contributed by atoms with Gasteiger partial charge in [-0.2, -0.15) is 0 Å². The number of aryl methyl sites for hydroxylation is 6. The van der Waals surface area contributed by atoms with E-state index in [1.54, 1.807) is 0 Å². The van der Waals surface area contributed by atoms with E-state index in [1.165, 1.54) is 38.5 Å². The summed E-state index contributed by atoms with van der Waals surface area (Å²) in [5, 5.41) is -0.668. The lowest BCUT2D eigenvalue weighted by molar-refractivity contribution is -0.671. The van der Waals surface area contributed by atoms with Gasteiger partial charge in [-0.3, -0.25) is 0 Å². The molecule has 0 unspecified atom stereocenters. The van der Waals surface area contributed by atoms with Crippen molar-refractivity contribution in [3.63, 3.8) is 0 Å². The van der Waals surface area contributed by atoms with E-state index >= 15 is 0 Å². The normalized spacial score (nSPS) is 11.6. The maximum Gasteiger partial charge on any atom is 0.243 e. The third-order valence-corrected chi connectivity index (χ3v) is 10.0. The first-order valence-electron chi connectivity index (χ1n) is 16.8. The summed E-state index contributed by atoms with van der Waals surface area (Å²) in [6.07, 6.45) is 26.5. The second kappa shape index (κ2) is 20.3. The third-order valence-electron chi connectivity index (χ3n) is 7.49. The second-order valence-corrected chi connectivity index (χ2v) is 16.3. The van der Waals surface area contributed by atoms with E-state index in [9.17, 15) is 38.9 Å². The average molecular weight is 783 g/mol. The van der Waals surface area contributed by atoms with Gasteiger partial charge in [-0.05, 0) is 54.3 Å². The van der Waals surface area contributed by atoms with Gasteiger partial charge < -0.3 is 13.7 Å². The van der Waals surface area contributed by atoms with E-state index in [4.69, 9.17) is 0 Å². The van der Waals surface area contributed by atoms with Crippen LogP contribution in [0.5, 0.6) is 0 Å². The van der Waals surface area contributed by atoms with Crippen LogP contribution < -0.4 is 13.7 Å². The predicted octanol–water partition coefficient (Wildman–Crippen LogP) is 2.89. The third kappa shape index (κ3) is 15.3. The molecule has 2 aromatic carbocycles. The highest BCUT2D eigenvalue weighted by Gasteiger charge is 2.14. The van der Waals surface area contributed by atoms with Gasteiger partial charge >= 0.3 is 0 Å². The lowest BCUT2D eigenvalue weighted by atomic mass is 10.1. The molecular formula is C34H50N6O9S3. The Labute approximate surface area is 307 Å². The number of unbranched alkanes of at least 4 members (excludes halogenated alkanes) is 3. The van der Waals surface area contributed by atoms with E-state index < -0.39 is 45.0 Å². The van der Waals surface area contributed by atoms with Gasteiger partial charge in [0.15, 0.2) is 0 Å². The van der Waals surface area contributed by atoms with Crippen LogP contribution in [0.25, 0.3) is 10.8 Å². The topological polar surface area (TPSA) is 198 Å². The fourth-order valence-corrected chi connectivity index (χ4v) is 6.56. The van der Waals surface area contributed by atoms with Gasteiger partial charge in [-0.25, -0.2) is 52.7 Å². The zero-order valence-electron chi connectivity index (χ0n) is 30.5. The minimum Gasteiger partial charge on any atom is -0.744 e. The molecule has 288 valence electrons. The fourth-order valence-electron chi connectivity index (χ4n) is 4.72. The summed E-state index contributed by atoms with van der Waals surface area (Å²) in [5.74, 6) is 0. The quantitative estimate of drug-likeness (QED) is 0.135. The number of fused-ring (bicyclic) bond motifs is 1. The van der Waals surface area contributed by atoms with Crippen molar-refractivity contribution >= 4 is 41.1 Å². The van der Waals surface area contributed by atoms with Crippen LogP contribution in [0.1, 0.15) is 59.3 Å². The van der Waals surface area contributed by atoms with Crippen molar-refractivity contribution in [2.75, 3.05) is 0 Å². The van der Waals surface area contributed by atoms with Crippen molar-refractivity contribution in [3.8, 4) is 0 Å². The highest BCUT2D eigenvalue weighted by atomic mass is 32.2. The zero-order valence-corrected chi connectivity index (χ0v) is 33.0. The first-order valence-corrected chi connectivity index (χ1v) is 21.0. The molecule has 0 amide bonds. The zero-order chi connectivity index (χ0) is 39.1. The summed E-state index contributed by atoms with van der Waals surface area (Å²) >= 11 is 0. The molecule has 52 heavy (non-hydrogen) atoms. The Morgan fingerprint density at radius 1 is 0.538 bits per heavy atom. The van der Waals surface area contributed by atoms with Gasteiger partial charge in [-0.1, -0.05) is 46.1 Å². The molecule has 3 heterocycles. The van der Waals surface area contributed by atoms with Crippen molar-refractivity contribution < 1.29 is 52.6 Å². The summed E-state index contributed by atoms with van der Waals surface area (Å²) in [6, 6.07) is 3.39. The lowest BCUT2D eigenvalue weighted by Crippen LogP contribution is -2.23. The highest BCUT2D eigenvalue weighted by Crippen LogP contribution is 2.29. The molecule has 0 aliphatic rings. The molecule has 0 spiro atoms. The molecule has 0 aliphatic heterocycles. The smallest absolute Gasteiger partial charge is 0.243 e. The van der Waals surface area contributed by atoms with Gasteiger partial charge in [0.25, 0.3) is 0 Å². The summed E-state index contributed by atoms with van der Waals surface area (Å²) in [5.41, 5.74) is 0. The maximum absolute atomic E-state index is 11.2. The number of aromatic nitrogens is 6. The van der Waals surface area contributed by atoms with Crippen LogP contribution in [0.2, 0.25) is 0 Å². The molecule has 0 saturated carbocycles. The van der Waals surface area contributed by atoms with Crippen molar-refractivity contribution in [3.05, 3.63) is 86.5 Å². The standard InChI is InChI=1S/C10H8O9S3.3C8H15N2/c11-20(12,13)7-1-2-9-6(3-7)4-8(21(14,15)16)5-10(9)22(17,18)19;3*1-3-4-5-10-7-6-9(2)8-10/h1-5H,(H,11,12,13)(H,14,15,16)(H,17,18,19);3*6-8H,3-5H2,1-2H3/q;3*+1/p-3. The van der Waals surface area contributed by atoms with Gasteiger partial charge in [0.1, 0.15) is 67.5 Å². The number of rotatable bonds is 12. The Morgan fingerprint density at radius 3 is 1.19 bits per heavy atom. The molecule has 3 aromatic heterocycles. The van der Waals surface area contributed by atoms with E-state index in [0.717, 1.165) is 31.8 Å². The van der Waals surface area contributed by atoms with Crippen molar-refractivity contribution in [2.24, 2.45) is 21.1 Å². The first-order chi connectivity index (χ1) is 24.3. The molecule has 15 nitrogen and oxygen atoms in total. The molecule has 0 aliphatic carbocycles. The Morgan fingerprint density at radius 2 is 0.904 bits per heavy atom. The summed E-state index contributed by atoms with van der Waals surface area (Å²) in [7, 11) is -9.01. The predicted molar refractivity (Wildman–Crippen MR) is 189 cm³/mol. The van der Waals surface area contributed by atoms with Crippen molar-refractivity contribution in [2.45, 2.75) is 93.6 Å². The van der Waals surface area contributed by atoms with Gasteiger partial charge in [0, 0.05) is 0 Å². The van der Waals surface area contributed by atoms with Crippen LogP contribution in [-0.2, 0) is 71.1 Å². The summed E-state index contributed by atoms with van der Waals surface area (Å²) < 4.78 is 112. The molecule has 5 aromatic rings. The Kier molecular flexibility index (Phi) is 17.3. The van der Waals surface area contributed by atoms with Gasteiger partial charge in [0.05, 0.1) is 55.5 Å². The molecule has 0 atom stereocenters. The van der Waals surface area contributed by atoms with E-state index in [2.05, 4.69) is 104 Å². The van der Waals surface area contributed by atoms with E-state index in [1.807, 2.05) is 21.1 Å². The number of imidazole rings is 3. The summed E-state index contributed by atoms with van der Waals surface area (Å²) in [6.45, 7) is 10.1. The summed E-state index contributed by atoms with van der Waals surface area (Å²) in [4.78, 5) is -2.81. The lowest BCUT2D eigenvalue weighted by Gasteiger charge is -2.16. The molecule has 0 saturated heterocycles. The average Bonchev–Trinajstić information content (AvgIpc) is 3.81. The van der Waals surface area contributed by atoms with Gasteiger partial charge in [0.2, 0.25) is 19.0 Å². The molecule has 18 heteroatoms. The van der Waals surface area contributed by atoms with Crippen LogP contribution in [-0.4, -0.2) is 52.6 Å². The highest BCUT2D eigenvalue weighted by molar-refractivity contribution is 7.86. The number of hydrogen-bond acceptors (Lipinski definition) is 9. The molecule has 0 radical (unpaired) electrons.